The maximum atomic E-state index is 11.2. The van der Waals surface area contributed by atoms with E-state index in [4.69, 9.17) is 0 Å². The summed E-state index contributed by atoms with van der Waals surface area (Å²) in [5, 5.41) is 18.9. The maximum Gasteiger partial charge on any atom is 0.113 e. The Morgan fingerprint density at radius 3 is 3.00 bits per heavy atom. The van der Waals surface area contributed by atoms with Crippen LogP contribution in [-0.2, 0) is 5.60 Å². The Morgan fingerprint density at radius 2 is 2.39 bits per heavy atom. The number of aromatic nitrogens is 2. The third kappa shape index (κ3) is 2.24. The van der Waals surface area contributed by atoms with E-state index in [0.29, 0.717) is 0 Å². The van der Waals surface area contributed by atoms with Crippen LogP contribution in [0.1, 0.15) is 45.3 Å². The molecule has 1 saturated heterocycles. The third-order valence-corrected chi connectivity index (χ3v) is 4.47. The zero-order valence-corrected chi connectivity index (χ0v) is 12.9. The minimum atomic E-state index is -0.778. The smallest absolute Gasteiger partial charge is 0.113 e. The molecule has 4 nitrogen and oxygen atoms in total. The average Bonchev–Trinajstić information content (AvgIpc) is 2.72. The molecule has 0 amide bonds. The van der Waals surface area contributed by atoms with Crippen molar-refractivity contribution in [1.82, 2.24) is 15.1 Å². The van der Waals surface area contributed by atoms with Gasteiger partial charge in [0, 0.05) is 18.5 Å². The zero-order valence-electron chi connectivity index (χ0n) is 11.3. The molecule has 1 aliphatic rings. The van der Waals surface area contributed by atoms with E-state index in [-0.39, 0.29) is 12.0 Å². The van der Waals surface area contributed by atoms with E-state index in [1.54, 1.807) is 6.20 Å². The van der Waals surface area contributed by atoms with Gasteiger partial charge in [-0.25, -0.2) is 0 Å². The van der Waals surface area contributed by atoms with Crippen LogP contribution in [0.5, 0.6) is 0 Å². The molecule has 2 atom stereocenters. The van der Waals surface area contributed by atoms with E-state index in [1.165, 1.54) is 0 Å². The molecule has 2 unspecified atom stereocenters. The van der Waals surface area contributed by atoms with Gasteiger partial charge in [-0.1, -0.05) is 6.92 Å². The van der Waals surface area contributed by atoms with Crippen LogP contribution in [0.4, 0.5) is 0 Å². The number of nitrogens with one attached hydrogen (secondary N) is 1. The van der Waals surface area contributed by atoms with Crippen molar-refractivity contribution in [3.63, 3.8) is 0 Å². The summed E-state index contributed by atoms with van der Waals surface area (Å²) in [5.41, 5.74) is 0.158. The van der Waals surface area contributed by atoms with Gasteiger partial charge in [0.1, 0.15) is 5.60 Å². The lowest BCUT2D eigenvalue weighted by Crippen LogP contribution is -2.49. The van der Waals surface area contributed by atoms with Crippen LogP contribution in [0.25, 0.3) is 0 Å². The van der Waals surface area contributed by atoms with Crippen LogP contribution in [0.3, 0.4) is 0 Å². The fourth-order valence-electron chi connectivity index (χ4n) is 2.86. The Morgan fingerprint density at radius 1 is 1.67 bits per heavy atom. The molecule has 1 aromatic rings. The van der Waals surface area contributed by atoms with Crippen molar-refractivity contribution < 1.29 is 5.11 Å². The number of nitrogens with zero attached hydrogens (tertiary/aromatic N) is 2. The van der Waals surface area contributed by atoms with E-state index in [0.717, 1.165) is 36.1 Å². The first-order chi connectivity index (χ1) is 8.50. The first kappa shape index (κ1) is 14.0. The lowest BCUT2D eigenvalue weighted by Gasteiger charge is -2.41. The maximum absolute atomic E-state index is 11.2. The quantitative estimate of drug-likeness (QED) is 0.900. The summed E-state index contributed by atoms with van der Waals surface area (Å²) in [6.07, 6.45) is 3.49. The minimum Gasteiger partial charge on any atom is -0.383 e. The van der Waals surface area contributed by atoms with Crippen LogP contribution in [0, 0.1) is 5.92 Å². The summed E-state index contributed by atoms with van der Waals surface area (Å²) in [6.45, 7) is 8.03. The molecule has 102 valence electrons. The fraction of sp³-hybridized carbons (Fsp3) is 0.769. The summed E-state index contributed by atoms with van der Waals surface area (Å²) in [7, 11) is 0. The van der Waals surface area contributed by atoms with Crippen molar-refractivity contribution in [1.29, 1.82) is 0 Å². The molecule has 5 heteroatoms. The van der Waals surface area contributed by atoms with Crippen LogP contribution < -0.4 is 5.32 Å². The van der Waals surface area contributed by atoms with Crippen LogP contribution in [-0.4, -0.2) is 28.0 Å². The Labute approximate surface area is 117 Å². The van der Waals surface area contributed by atoms with Gasteiger partial charge >= 0.3 is 0 Å². The van der Waals surface area contributed by atoms with Crippen molar-refractivity contribution in [3.8, 4) is 0 Å². The summed E-state index contributed by atoms with van der Waals surface area (Å²) < 4.78 is 2.86. The number of hydrogen-bond donors (Lipinski definition) is 2. The number of piperidine rings is 1. The lowest BCUT2D eigenvalue weighted by atomic mass is 9.77. The summed E-state index contributed by atoms with van der Waals surface area (Å²) in [4.78, 5) is 0. The van der Waals surface area contributed by atoms with Gasteiger partial charge in [0.05, 0.1) is 16.4 Å². The van der Waals surface area contributed by atoms with E-state index in [1.807, 2.05) is 4.68 Å². The van der Waals surface area contributed by atoms with E-state index >= 15 is 0 Å². The Hall–Kier alpha value is -0.390. The molecule has 2 rings (SSSR count). The van der Waals surface area contributed by atoms with Crippen LogP contribution >= 0.6 is 15.9 Å². The van der Waals surface area contributed by atoms with Gasteiger partial charge in [-0.2, -0.15) is 5.10 Å². The highest BCUT2D eigenvalue weighted by Gasteiger charge is 2.43. The largest absolute Gasteiger partial charge is 0.383 e. The van der Waals surface area contributed by atoms with Crippen molar-refractivity contribution in [3.05, 3.63) is 16.4 Å². The lowest BCUT2D eigenvalue weighted by molar-refractivity contribution is -0.0562. The molecule has 18 heavy (non-hydrogen) atoms. The van der Waals surface area contributed by atoms with Crippen molar-refractivity contribution in [2.24, 2.45) is 5.92 Å². The van der Waals surface area contributed by atoms with Gasteiger partial charge in [-0.15, -0.1) is 0 Å². The Balaban J connectivity index is 2.47. The Bertz CT molecular complexity index is 418. The summed E-state index contributed by atoms with van der Waals surface area (Å²) >= 11 is 3.55. The van der Waals surface area contributed by atoms with E-state index in [2.05, 4.69) is 47.1 Å². The van der Waals surface area contributed by atoms with Crippen LogP contribution in [0.2, 0.25) is 0 Å². The predicted molar refractivity (Wildman–Crippen MR) is 75.5 cm³/mol. The van der Waals surface area contributed by atoms with Crippen molar-refractivity contribution in [2.75, 3.05) is 13.1 Å². The fourth-order valence-corrected chi connectivity index (χ4v) is 3.48. The number of halogens is 1. The highest BCUT2D eigenvalue weighted by Crippen LogP contribution is 2.41. The molecule has 0 aliphatic carbocycles. The second-order valence-corrected chi connectivity index (χ2v) is 6.22. The molecule has 1 fully saturated rings. The van der Waals surface area contributed by atoms with Gasteiger partial charge in [-0.05, 0) is 49.2 Å². The second-order valence-electron chi connectivity index (χ2n) is 5.36. The van der Waals surface area contributed by atoms with Gasteiger partial charge in [0.15, 0.2) is 0 Å². The van der Waals surface area contributed by atoms with Crippen LogP contribution in [0.15, 0.2) is 10.7 Å². The Kier molecular flexibility index (Phi) is 4.14. The molecule has 0 spiro atoms. The molecule has 2 N–H and O–H groups in total. The molecule has 1 aromatic heterocycles. The monoisotopic (exact) mass is 315 g/mol. The van der Waals surface area contributed by atoms with Gasteiger partial charge in [0.25, 0.3) is 0 Å². The average molecular weight is 316 g/mol. The topological polar surface area (TPSA) is 50.1 Å². The summed E-state index contributed by atoms with van der Waals surface area (Å²) in [6, 6.07) is 0.253. The second kappa shape index (κ2) is 5.31. The number of rotatable bonds is 3. The third-order valence-electron chi connectivity index (χ3n) is 3.89. The van der Waals surface area contributed by atoms with Crippen molar-refractivity contribution >= 4 is 15.9 Å². The molecular formula is C13H22BrN3O. The van der Waals surface area contributed by atoms with Gasteiger partial charge in [0.2, 0.25) is 0 Å². The van der Waals surface area contributed by atoms with Gasteiger partial charge in [-0.3, -0.25) is 4.68 Å². The van der Waals surface area contributed by atoms with E-state index < -0.39 is 5.60 Å². The number of hydrogen-bond acceptors (Lipinski definition) is 3. The molecular weight excluding hydrogens is 294 g/mol. The molecule has 1 aliphatic heterocycles. The van der Waals surface area contributed by atoms with E-state index in [9.17, 15) is 5.11 Å². The number of aliphatic hydroxyl groups is 1. The molecule has 2 heterocycles. The highest BCUT2D eigenvalue weighted by atomic mass is 79.9. The minimum absolute atomic E-state index is 0.233. The van der Waals surface area contributed by atoms with Crippen molar-refractivity contribution in [2.45, 2.75) is 45.3 Å². The zero-order chi connectivity index (χ0) is 13.3. The summed E-state index contributed by atoms with van der Waals surface area (Å²) in [5.74, 6) is 0.233. The first-order valence-corrected chi connectivity index (χ1v) is 7.46. The molecule has 0 aromatic carbocycles. The molecule has 0 bridgehead atoms. The highest BCUT2D eigenvalue weighted by molar-refractivity contribution is 9.10. The normalized spacial score (nSPS) is 28.9. The standard InChI is InChI=1S/C13H22BrN3O/c1-4-10-7-15-6-5-13(10,18)12-11(14)8-16-17(12)9(2)3/h8-10,15,18H,4-7H2,1-3H3. The van der Waals surface area contributed by atoms with Gasteiger partial charge < -0.3 is 10.4 Å². The predicted octanol–water partition coefficient (Wildman–Crippen LogP) is 2.43. The molecule has 0 saturated carbocycles. The SMILES string of the molecule is CCC1CNCCC1(O)c1c(Br)cnn1C(C)C. The molecule has 0 radical (unpaired) electrons. The first-order valence-electron chi connectivity index (χ1n) is 6.67.